The van der Waals surface area contributed by atoms with Gasteiger partial charge in [0.05, 0.1) is 6.61 Å². The first kappa shape index (κ1) is 12.1. The molecule has 0 aliphatic heterocycles. The molecule has 15 heavy (non-hydrogen) atoms. The summed E-state index contributed by atoms with van der Waals surface area (Å²) in [4.78, 5) is 0. The van der Waals surface area contributed by atoms with Gasteiger partial charge in [-0.05, 0) is 6.42 Å². The molecule has 0 aromatic carbocycles. The zero-order valence-corrected chi connectivity index (χ0v) is 9.57. The molecular weight excluding hydrogens is 192 g/mol. The monoisotopic (exact) mass is 212 g/mol. The maximum Gasteiger partial charge on any atom is 0.133 e. The maximum atomic E-state index is 5.35. The molecule has 0 bridgehead atoms. The predicted octanol–water partition coefficient (Wildman–Crippen LogP) is 0.374. The summed E-state index contributed by atoms with van der Waals surface area (Å²) in [7, 11) is 1.96. The van der Waals surface area contributed by atoms with Gasteiger partial charge >= 0.3 is 0 Å². The third-order valence-electron chi connectivity index (χ3n) is 2.10. The minimum atomic E-state index is 0.784. The molecule has 0 aliphatic carbocycles. The van der Waals surface area contributed by atoms with Gasteiger partial charge in [0, 0.05) is 33.2 Å². The molecule has 0 fully saturated rings. The van der Waals surface area contributed by atoms with Gasteiger partial charge in [0.1, 0.15) is 12.2 Å². The maximum absolute atomic E-state index is 5.35. The number of hydrogen-bond donors (Lipinski definition) is 1. The third kappa shape index (κ3) is 4.90. The van der Waals surface area contributed by atoms with Crippen LogP contribution in [-0.2, 0) is 18.2 Å². The quantitative estimate of drug-likeness (QED) is 0.633. The summed E-state index contributed by atoms with van der Waals surface area (Å²) in [6.07, 6.45) is 3.71. The standard InChI is InChI=1S/C10H20N4O/c1-3-7-15-8-6-11-5-4-10-13-12-9-14(10)2/h9,11H,3-8H2,1-2H3. The van der Waals surface area contributed by atoms with Gasteiger partial charge in [0.25, 0.3) is 0 Å². The van der Waals surface area contributed by atoms with Crippen molar-refractivity contribution in [1.29, 1.82) is 0 Å². The highest BCUT2D eigenvalue weighted by Gasteiger charge is 1.98. The molecule has 5 nitrogen and oxygen atoms in total. The normalized spacial score (nSPS) is 10.8. The summed E-state index contributed by atoms with van der Waals surface area (Å²) in [5, 5.41) is 11.1. The van der Waals surface area contributed by atoms with Crippen LogP contribution >= 0.6 is 0 Å². The van der Waals surface area contributed by atoms with Crippen molar-refractivity contribution in [2.45, 2.75) is 19.8 Å². The molecule has 0 spiro atoms. The SMILES string of the molecule is CCCOCCNCCc1nncn1C. The molecule has 1 aromatic rings. The van der Waals surface area contributed by atoms with E-state index in [1.165, 1.54) is 0 Å². The van der Waals surface area contributed by atoms with Crippen LogP contribution in [0, 0.1) is 0 Å². The lowest BCUT2D eigenvalue weighted by molar-refractivity contribution is 0.136. The Morgan fingerprint density at radius 2 is 2.27 bits per heavy atom. The molecule has 86 valence electrons. The Balaban J connectivity index is 1.96. The molecule has 0 saturated carbocycles. The Kier molecular flexibility index (Phi) is 5.96. The minimum absolute atomic E-state index is 0.784. The predicted molar refractivity (Wildman–Crippen MR) is 58.7 cm³/mol. The van der Waals surface area contributed by atoms with Gasteiger partial charge in [-0.3, -0.25) is 0 Å². The van der Waals surface area contributed by atoms with Crippen molar-refractivity contribution in [1.82, 2.24) is 20.1 Å². The Morgan fingerprint density at radius 3 is 2.93 bits per heavy atom. The molecular formula is C10H20N4O. The van der Waals surface area contributed by atoms with Crippen molar-refractivity contribution < 1.29 is 4.74 Å². The van der Waals surface area contributed by atoms with Gasteiger partial charge in [0.15, 0.2) is 0 Å². The summed E-state index contributed by atoms with van der Waals surface area (Å²) in [5.74, 6) is 1.01. The molecule has 0 radical (unpaired) electrons. The topological polar surface area (TPSA) is 52.0 Å². The van der Waals surface area contributed by atoms with Crippen molar-refractivity contribution >= 4 is 0 Å². The first-order valence-corrected chi connectivity index (χ1v) is 5.46. The van der Waals surface area contributed by atoms with Crippen molar-refractivity contribution in [3.05, 3.63) is 12.2 Å². The van der Waals surface area contributed by atoms with Crippen LogP contribution in [0.5, 0.6) is 0 Å². The van der Waals surface area contributed by atoms with E-state index in [2.05, 4.69) is 22.4 Å². The van der Waals surface area contributed by atoms with E-state index in [1.54, 1.807) is 6.33 Å². The Labute approximate surface area is 90.8 Å². The number of rotatable bonds is 8. The molecule has 0 aliphatic rings. The van der Waals surface area contributed by atoms with E-state index in [0.717, 1.165) is 45.0 Å². The summed E-state index contributed by atoms with van der Waals surface area (Å²) in [6, 6.07) is 0. The fraction of sp³-hybridized carbons (Fsp3) is 0.800. The smallest absolute Gasteiger partial charge is 0.133 e. The van der Waals surface area contributed by atoms with E-state index >= 15 is 0 Å². The summed E-state index contributed by atoms with van der Waals surface area (Å²) >= 11 is 0. The summed E-state index contributed by atoms with van der Waals surface area (Å²) < 4.78 is 7.29. The molecule has 0 saturated heterocycles. The molecule has 0 amide bonds. The number of nitrogens with one attached hydrogen (secondary N) is 1. The first-order chi connectivity index (χ1) is 7.34. The van der Waals surface area contributed by atoms with Gasteiger partial charge < -0.3 is 14.6 Å². The lowest BCUT2D eigenvalue weighted by Crippen LogP contribution is -2.23. The Bertz CT molecular complexity index is 262. The third-order valence-corrected chi connectivity index (χ3v) is 2.10. The van der Waals surface area contributed by atoms with Crippen LogP contribution in [0.25, 0.3) is 0 Å². The summed E-state index contributed by atoms with van der Waals surface area (Å²) in [6.45, 7) is 5.57. The largest absolute Gasteiger partial charge is 0.380 e. The molecule has 0 unspecified atom stereocenters. The number of ether oxygens (including phenoxy) is 1. The highest BCUT2D eigenvalue weighted by Crippen LogP contribution is 1.90. The second-order valence-corrected chi connectivity index (χ2v) is 3.47. The molecule has 1 heterocycles. The van der Waals surface area contributed by atoms with Crippen LogP contribution < -0.4 is 5.32 Å². The van der Waals surface area contributed by atoms with E-state index in [0.29, 0.717) is 0 Å². The fourth-order valence-electron chi connectivity index (χ4n) is 1.25. The first-order valence-electron chi connectivity index (χ1n) is 5.46. The molecule has 5 heteroatoms. The van der Waals surface area contributed by atoms with Crippen molar-refractivity contribution in [3.8, 4) is 0 Å². The van der Waals surface area contributed by atoms with Crippen LogP contribution in [0.4, 0.5) is 0 Å². The van der Waals surface area contributed by atoms with Crippen molar-refractivity contribution in [2.24, 2.45) is 7.05 Å². The molecule has 1 rings (SSSR count). The number of aromatic nitrogens is 3. The molecule has 1 aromatic heterocycles. The number of nitrogens with zero attached hydrogens (tertiary/aromatic N) is 3. The van der Waals surface area contributed by atoms with E-state index in [9.17, 15) is 0 Å². The van der Waals surface area contributed by atoms with Gasteiger partial charge in [-0.2, -0.15) is 0 Å². The van der Waals surface area contributed by atoms with Crippen LogP contribution in [0.1, 0.15) is 19.2 Å². The number of hydrogen-bond acceptors (Lipinski definition) is 4. The fourth-order valence-corrected chi connectivity index (χ4v) is 1.25. The van der Waals surface area contributed by atoms with Gasteiger partial charge in [-0.15, -0.1) is 10.2 Å². The lowest BCUT2D eigenvalue weighted by Gasteiger charge is -2.04. The van der Waals surface area contributed by atoms with Crippen LogP contribution in [-0.4, -0.2) is 41.1 Å². The van der Waals surface area contributed by atoms with Gasteiger partial charge in [-0.1, -0.05) is 6.92 Å². The van der Waals surface area contributed by atoms with Gasteiger partial charge in [-0.25, -0.2) is 0 Å². The number of aryl methyl sites for hydroxylation is 1. The average molecular weight is 212 g/mol. The zero-order chi connectivity index (χ0) is 10.9. The second kappa shape index (κ2) is 7.36. The molecule has 1 N–H and O–H groups in total. The van der Waals surface area contributed by atoms with Crippen molar-refractivity contribution in [2.75, 3.05) is 26.3 Å². The minimum Gasteiger partial charge on any atom is -0.380 e. The van der Waals surface area contributed by atoms with Gasteiger partial charge in [0.2, 0.25) is 0 Å². The van der Waals surface area contributed by atoms with Crippen LogP contribution in [0.3, 0.4) is 0 Å². The van der Waals surface area contributed by atoms with E-state index < -0.39 is 0 Å². The van der Waals surface area contributed by atoms with E-state index in [4.69, 9.17) is 4.74 Å². The Morgan fingerprint density at radius 1 is 1.40 bits per heavy atom. The average Bonchev–Trinajstić information content (AvgIpc) is 2.63. The Hall–Kier alpha value is -0.940. The highest BCUT2D eigenvalue weighted by molar-refractivity contribution is 4.84. The lowest BCUT2D eigenvalue weighted by atomic mass is 10.4. The van der Waals surface area contributed by atoms with Crippen molar-refractivity contribution in [3.63, 3.8) is 0 Å². The van der Waals surface area contributed by atoms with E-state index in [-0.39, 0.29) is 0 Å². The van der Waals surface area contributed by atoms with Crippen LogP contribution in [0.2, 0.25) is 0 Å². The van der Waals surface area contributed by atoms with Crippen LogP contribution in [0.15, 0.2) is 6.33 Å². The van der Waals surface area contributed by atoms with E-state index in [1.807, 2.05) is 11.6 Å². The second-order valence-electron chi connectivity index (χ2n) is 3.47. The molecule has 0 atom stereocenters. The highest BCUT2D eigenvalue weighted by atomic mass is 16.5. The summed E-state index contributed by atoms with van der Waals surface area (Å²) in [5.41, 5.74) is 0. The zero-order valence-electron chi connectivity index (χ0n) is 9.57.